The fourth-order valence-corrected chi connectivity index (χ4v) is 4.85. The summed E-state index contributed by atoms with van der Waals surface area (Å²) < 4.78 is 49.5. The van der Waals surface area contributed by atoms with Crippen LogP contribution in [0.2, 0.25) is 0 Å². The van der Waals surface area contributed by atoms with Crippen molar-refractivity contribution >= 4 is 19.9 Å². The highest BCUT2D eigenvalue weighted by Gasteiger charge is 2.31. The third-order valence-electron chi connectivity index (χ3n) is 2.64. The Morgan fingerprint density at radius 1 is 1.15 bits per heavy atom. The molecule has 0 atom stereocenters. The van der Waals surface area contributed by atoms with Crippen molar-refractivity contribution in [1.82, 2.24) is 4.31 Å². The van der Waals surface area contributed by atoms with Crippen LogP contribution in [0.15, 0.2) is 34.1 Å². The van der Waals surface area contributed by atoms with Gasteiger partial charge in [0.15, 0.2) is 9.84 Å². The molecule has 1 rings (SSSR count). The maximum absolute atomic E-state index is 12.5. The molecule has 1 aromatic carbocycles. The summed E-state index contributed by atoms with van der Waals surface area (Å²) in [5.41, 5.74) is 0. The summed E-state index contributed by atoms with van der Waals surface area (Å²) in [5.74, 6) is 0. The molecule has 8 heteroatoms. The molecule has 0 amide bonds. The topological polar surface area (TPSA) is 95.3 Å². The zero-order valence-corrected chi connectivity index (χ0v) is 13.1. The highest BCUT2D eigenvalue weighted by atomic mass is 32.2. The summed E-state index contributed by atoms with van der Waals surface area (Å²) in [4.78, 5) is -0.560. The smallest absolute Gasteiger partial charge is 0.224 e. The number of hydrogen-bond acceptors (Lipinski definition) is 5. The van der Waals surface area contributed by atoms with Crippen molar-refractivity contribution in [2.24, 2.45) is 0 Å². The molecule has 0 aliphatic rings. The SMILES string of the molecule is CC(C)N(CC#N)S(=O)(=O)c1ccccc1S(C)(=O)=O. The van der Waals surface area contributed by atoms with E-state index in [9.17, 15) is 16.8 Å². The van der Waals surface area contributed by atoms with Gasteiger partial charge < -0.3 is 0 Å². The molecule has 0 heterocycles. The van der Waals surface area contributed by atoms with Gasteiger partial charge in [-0.15, -0.1) is 0 Å². The molecule has 0 fully saturated rings. The van der Waals surface area contributed by atoms with Crippen molar-refractivity contribution in [2.75, 3.05) is 12.8 Å². The van der Waals surface area contributed by atoms with Gasteiger partial charge in [-0.1, -0.05) is 12.1 Å². The van der Waals surface area contributed by atoms with Crippen molar-refractivity contribution in [2.45, 2.75) is 29.7 Å². The summed E-state index contributed by atoms with van der Waals surface area (Å²) in [7, 11) is -7.72. The van der Waals surface area contributed by atoms with Gasteiger partial charge in [0.25, 0.3) is 0 Å². The summed E-state index contributed by atoms with van der Waals surface area (Å²) in [5, 5.41) is 8.75. The summed E-state index contributed by atoms with van der Waals surface area (Å²) in [6.45, 7) is 2.91. The van der Waals surface area contributed by atoms with Crippen LogP contribution in [-0.4, -0.2) is 40.0 Å². The van der Waals surface area contributed by atoms with Crippen LogP contribution in [0.5, 0.6) is 0 Å². The standard InChI is InChI=1S/C12H16N2O4S2/c1-10(2)14(9-8-13)20(17,18)12-7-5-4-6-11(12)19(3,15)16/h4-7,10H,9H2,1-3H3. The number of sulfone groups is 1. The second-order valence-electron chi connectivity index (χ2n) is 4.52. The molecule has 6 nitrogen and oxygen atoms in total. The number of nitrogens with zero attached hydrogens (tertiary/aromatic N) is 2. The van der Waals surface area contributed by atoms with Gasteiger partial charge in [0, 0.05) is 12.3 Å². The lowest BCUT2D eigenvalue weighted by Gasteiger charge is -2.24. The van der Waals surface area contributed by atoms with E-state index in [1.54, 1.807) is 19.9 Å². The lowest BCUT2D eigenvalue weighted by molar-refractivity contribution is 0.384. The summed E-state index contributed by atoms with van der Waals surface area (Å²) >= 11 is 0. The Bertz CT molecular complexity index is 731. The minimum absolute atomic E-state index is 0.261. The minimum atomic E-state index is -4.04. The van der Waals surface area contributed by atoms with Gasteiger partial charge in [-0.3, -0.25) is 0 Å². The van der Waals surface area contributed by atoms with E-state index in [1.807, 2.05) is 0 Å². The molecule has 0 aliphatic heterocycles. The second-order valence-corrected chi connectivity index (χ2v) is 8.36. The fraction of sp³-hybridized carbons (Fsp3) is 0.417. The third-order valence-corrected chi connectivity index (χ3v) is 6.00. The van der Waals surface area contributed by atoms with Crippen molar-refractivity contribution in [3.8, 4) is 6.07 Å². The predicted molar refractivity (Wildman–Crippen MR) is 74.2 cm³/mol. The normalized spacial score (nSPS) is 12.6. The molecule has 0 radical (unpaired) electrons. The van der Waals surface area contributed by atoms with Crippen molar-refractivity contribution in [3.05, 3.63) is 24.3 Å². The molecule has 20 heavy (non-hydrogen) atoms. The highest BCUT2D eigenvalue weighted by Crippen LogP contribution is 2.25. The van der Waals surface area contributed by atoms with Gasteiger partial charge in [0.1, 0.15) is 11.4 Å². The van der Waals surface area contributed by atoms with Crippen LogP contribution in [0.1, 0.15) is 13.8 Å². The van der Waals surface area contributed by atoms with E-state index in [0.717, 1.165) is 10.6 Å². The molecular formula is C12H16N2O4S2. The van der Waals surface area contributed by atoms with Gasteiger partial charge in [-0.25, -0.2) is 16.8 Å². The van der Waals surface area contributed by atoms with Crippen LogP contribution >= 0.6 is 0 Å². The Labute approximate surface area is 119 Å². The molecule has 0 aromatic heterocycles. The van der Waals surface area contributed by atoms with Gasteiger partial charge in [-0.05, 0) is 26.0 Å². The number of rotatable bonds is 5. The van der Waals surface area contributed by atoms with Crippen LogP contribution in [0.3, 0.4) is 0 Å². The molecule has 1 aromatic rings. The predicted octanol–water partition coefficient (Wildman–Crippen LogP) is 1.01. The first kappa shape index (κ1) is 16.6. The van der Waals surface area contributed by atoms with Crippen LogP contribution in [-0.2, 0) is 19.9 Å². The van der Waals surface area contributed by atoms with E-state index in [2.05, 4.69) is 0 Å². The average Bonchev–Trinajstić information content (AvgIpc) is 2.34. The van der Waals surface area contributed by atoms with Crippen molar-refractivity contribution < 1.29 is 16.8 Å². The first-order valence-corrected chi connectivity index (χ1v) is 9.13. The first-order valence-electron chi connectivity index (χ1n) is 5.80. The molecule has 0 unspecified atom stereocenters. The molecule has 0 bridgehead atoms. The molecular weight excluding hydrogens is 300 g/mol. The van der Waals surface area contributed by atoms with Crippen LogP contribution in [0, 0.1) is 11.3 Å². The second kappa shape index (κ2) is 5.91. The Balaban J connectivity index is 3.56. The van der Waals surface area contributed by atoms with E-state index in [1.165, 1.54) is 24.3 Å². The molecule has 0 N–H and O–H groups in total. The van der Waals surface area contributed by atoms with E-state index < -0.39 is 25.9 Å². The number of hydrogen-bond donors (Lipinski definition) is 0. The molecule has 0 saturated carbocycles. The molecule has 0 spiro atoms. The minimum Gasteiger partial charge on any atom is -0.224 e. The lowest BCUT2D eigenvalue weighted by Crippen LogP contribution is -2.37. The molecule has 110 valence electrons. The van der Waals surface area contributed by atoms with Crippen molar-refractivity contribution in [1.29, 1.82) is 5.26 Å². The average molecular weight is 316 g/mol. The Kier molecular flexibility index (Phi) is 4.91. The van der Waals surface area contributed by atoms with Crippen LogP contribution in [0.25, 0.3) is 0 Å². The van der Waals surface area contributed by atoms with Gasteiger partial charge in [0.05, 0.1) is 11.0 Å². The summed E-state index contributed by atoms with van der Waals surface area (Å²) in [6, 6.07) is 6.72. The Morgan fingerprint density at radius 3 is 2.05 bits per heavy atom. The van der Waals surface area contributed by atoms with E-state index in [-0.39, 0.29) is 16.3 Å². The van der Waals surface area contributed by atoms with E-state index >= 15 is 0 Å². The third kappa shape index (κ3) is 3.36. The number of nitriles is 1. The largest absolute Gasteiger partial charge is 0.245 e. The van der Waals surface area contributed by atoms with Crippen LogP contribution < -0.4 is 0 Å². The maximum Gasteiger partial charge on any atom is 0.245 e. The quantitative estimate of drug-likeness (QED) is 0.756. The first-order chi connectivity index (χ1) is 9.12. The molecule has 0 saturated heterocycles. The van der Waals surface area contributed by atoms with E-state index in [0.29, 0.717) is 0 Å². The molecule has 0 aliphatic carbocycles. The van der Waals surface area contributed by atoms with Gasteiger partial charge in [-0.2, -0.15) is 9.57 Å². The van der Waals surface area contributed by atoms with E-state index in [4.69, 9.17) is 5.26 Å². The number of benzene rings is 1. The Morgan fingerprint density at radius 2 is 1.65 bits per heavy atom. The van der Waals surface area contributed by atoms with Crippen LogP contribution in [0.4, 0.5) is 0 Å². The van der Waals surface area contributed by atoms with Gasteiger partial charge >= 0.3 is 0 Å². The summed E-state index contributed by atoms with van der Waals surface area (Å²) in [6.07, 6.45) is 0.950. The lowest BCUT2D eigenvalue weighted by atomic mass is 10.4. The zero-order chi connectivity index (χ0) is 15.6. The van der Waals surface area contributed by atoms with Gasteiger partial charge in [0.2, 0.25) is 10.0 Å². The Hall–Kier alpha value is -1.43. The van der Waals surface area contributed by atoms with Crippen molar-refractivity contribution in [3.63, 3.8) is 0 Å². The highest BCUT2D eigenvalue weighted by molar-refractivity contribution is 7.93. The maximum atomic E-state index is 12.5. The monoisotopic (exact) mass is 316 g/mol. The fourth-order valence-electron chi connectivity index (χ4n) is 1.71. The number of sulfonamides is 1. The zero-order valence-electron chi connectivity index (χ0n) is 11.4.